The lowest BCUT2D eigenvalue weighted by molar-refractivity contribution is 0.111. The third kappa shape index (κ3) is 3.20. The van der Waals surface area contributed by atoms with E-state index in [1.54, 1.807) is 10.9 Å². The number of aromatic nitrogens is 3. The highest BCUT2D eigenvalue weighted by molar-refractivity contribution is 5.96. The summed E-state index contributed by atoms with van der Waals surface area (Å²) in [5.41, 5.74) is 5.82. The number of allylic oxidation sites excluding steroid dienone is 2. The van der Waals surface area contributed by atoms with Crippen molar-refractivity contribution in [3.63, 3.8) is 0 Å². The highest BCUT2D eigenvalue weighted by Crippen LogP contribution is 2.33. The number of aldehydes is 1. The summed E-state index contributed by atoms with van der Waals surface area (Å²) in [4.78, 5) is 15.6. The van der Waals surface area contributed by atoms with Crippen LogP contribution in [0.25, 0.3) is 5.69 Å². The van der Waals surface area contributed by atoms with Crippen molar-refractivity contribution in [2.45, 2.75) is 39.8 Å². The molecule has 7 nitrogen and oxygen atoms in total. The first-order valence-electron chi connectivity index (χ1n) is 9.15. The number of rotatable bonds is 5. The van der Waals surface area contributed by atoms with E-state index < -0.39 is 0 Å². The number of carbonyl (C=O) groups excluding carboxylic acids is 1. The van der Waals surface area contributed by atoms with Crippen molar-refractivity contribution in [1.29, 1.82) is 0 Å². The van der Waals surface area contributed by atoms with E-state index in [1.165, 1.54) is 11.3 Å². The minimum absolute atomic E-state index is 0.0510. The van der Waals surface area contributed by atoms with Gasteiger partial charge in [0, 0.05) is 23.0 Å². The summed E-state index contributed by atoms with van der Waals surface area (Å²) in [6.07, 6.45) is 6.25. The molecule has 1 aromatic carbocycles. The van der Waals surface area contributed by atoms with E-state index >= 15 is 0 Å². The van der Waals surface area contributed by atoms with Gasteiger partial charge in [-0.1, -0.05) is 24.3 Å². The Bertz CT molecular complexity index is 953. The highest BCUT2D eigenvalue weighted by Gasteiger charge is 2.38. The Morgan fingerprint density at radius 1 is 1.19 bits per heavy atom. The molecule has 2 aliphatic heterocycles. The summed E-state index contributed by atoms with van der Waals surface area (Å²) >= 11 is 0. The topological polar surface area (TPSA) is 75.7 Å². The first-order chi connectivity index (χ1) is 13.1. The van der Waals surface area contributed by atoms with Crippen molar-refractivity contribution in [2.75, 3.05) is 0 Å². The van der Waals surface area contributed by atoms with Gasteiger partial charge in [-0.05, 0) is 50.5 Å². The average Bonchev–Trinajstić information content (AvgIpc) is 3.28. The van der Waals surface area contributed by atoms with E-state index in [9.17, 15) is 4.79 Å². The van der Waals surface area contributed by atoms with Crippen molar-refractivity contribution in [1.82, 2.24) is 20.0 Å². The van der Waals surface area contributed by atoms with Crippen LogP contribution in [0.3, 0.4) is 0 Å². The van der Waals surface area contributed by atoms with E-state index in [4.69, 9.17) is 10.1 Å². The normalized spacial score (nSPS) is 21.4. The predicted molar refractivity (Wildman–Crippen MR) is 104 cm³/mol. The number of benzene rings is 1. The SMILES string of the molecule is CCC1=NN2C(C)=CC(C)=NC2C1Cc1ccc(-n2cc(C=O)nn2)cc1. The van der Waals surface area contributed by atoms with Gasteiger partial charge in [0.05, 0.1) is 11.9 Å². The Morgan fingerprint density at radius 3 is 2.63 bits per heavy atom. The Morgan fingerprint density at radius 2 is 1.96 bits per heavy atom. The van der Waals surface area contributed by atoms with E-state index in [0.717, 1.165) is 29.9 Å². The quantitative estimate of drug-likeness (QED) is 0.766. The van der Waals surface area contributed by atoms with Crippen LogP contribution in [0.1, 0.15) is 43.2 Å². The van der Waals surface area contributed by atoms with Crippen LogP contribution in [0.2, 0.25) is 0 Å². The molecule has 0 saturated carbocycles. The zero-order valence-electron chi connectivity index (χ0n) is 15.7. The van der Waals surface area contributed by atoms with Crippen LogP contribution in [-0.4, -0.2) is 43.9 Å². The molecule has 7 heteroatoms. The molecule has 3 heterocycles. The summed E-state index contributed by atoms with van der Waals surface area (Å²) in [6.45, 7) is 6.28. The van der Waals surface area contributed by atoms with Crippen LogP contribution in [-0.2, 0) is 6.42 Å². The lowest BCUT2D eigenvalue weighted by Gasteiger charge is -2.29. The van der Waals surface area contributed by atoms with Gasteiger partial charge < -0.3 is 0 Å². The van der Waals surface area contributed by atoms with E-state index in [2.05, 4.69) is 47.4 Å². The molecule has 138 valence electrons. The zero-order valence-corrected chi connectivity index (χ0v) is 15.7. The second kappa shape index (κ2) is 6.90. The molecule has 2 atom stereocenters. The molecule has 0 fully saturated rings. The Kier molecular flexibility index (Phi) is 4.43. The molecule has 0 radical (unpaired) electrons. The van der Waals surface area contributed by atoms with Crippen LogP contribution in [0.15, 0.2) is 52.3 Å². The second-order valence-electron chi connectivity index (χ2n) is 6.94. The highest BCUT2D eigenvalue weighted by atomic mass is 16.1. The molecular weight excluding hydrogens is 340 g/mol. The van der Waals surface area contributed by atoms with E-state index in [0.29, 0.717) is 12.0 Å². The number of hydrazone groups is 1. The smallest absolute Gasteiger partial charge is 0.171 e. The number of hydrogen-bond acceptors (Lipinski definition) is 6. The van der Waals surface area contributed by atoms with E-state index in [1.807, 2.05) is 19.1 Å². The van der Waals surface area contributed by atoms with E-state index in [-0.39, 0.29) is 12.1 Å². The average molecular weight is 362 g/mol. The number of hydrogen-bond donors (Lipinski definition) is 0. The molecule has 2 aromatic rings. The van der Waals surface area contributed by atoms with Crippen molar-refractivity contribution in [3.8, 4) is 5.69 Å². The summed E-state index contributed by atoms with van der Waals surface area (Å²) in [5.74, 6) is 0.271. The fourth-order valence-corrected chi connectivity index (χ4v) is 3.71. The van der Waals surface area contributed by atoms with Crippen LogP contribution in [0.5, 0.6) is 0 Å². The summed E-state index contributed by atoms with van der Waals surface area (Å²) in [6, 6.07) is 8.18. The van der Waals surface area contributed by atoms with Gasteiger partial charge in [-0.15, -0.1) is 5.10 Å². The number of carbonyl (C=O) groups is 1. The number of aliphatic imine (C=N–C) groups is 1. The van der Waals surface area contributed by atoms with Crippen molar-refractivity contribution in [3.05, 3.63) is 53.5 Å². The van der Waals surface area contributed by atoms with Gasteiger partial charge in [0.15, 0.2) is 6.29 Å². The maximum Gasteiger partial charge on any atom is 0.171 e. The molecular formula is C20H22N6O. The molecule has 2 unspecified atom stereocenters. The van der Waals surface area contributed by atoms with Gasteiger partial charge in [0.2, 0.25) is 0 Å². The molecule has 27 heavy (non-hydrogen) atoms. The Balaban J connectivity index is 1.55. The molecule has 0 amide bonds. The molecule has 0 spiro atoms. The molecule has 0 aliphatic carbocycles. The van der Waals surface area contributed by atoms with Crippen LogP contribution in [0, 0.1) is 5.92 Å². The van der Waals surface area contributed by atoms with Crippen molar-refractivity contribution >= 4 is 17.7 Å². The van der Waals surface area contributed by atoms with Gasteiger partial charge in [-0.3, -0.25) is 9.79 Å². The largest absolute Gasteiger partial charge is 0.296 e. The number of fused-ring (bicyclic) bond motifs is 1. The molecule has 4 rings (SSSR count). The molecule has 1 aromatic heterocycles. The summed E-state index contributed by atoms with van der Waals surface area (Å²) in [7, 11) is 0. The van der Waals surface area contributed by atoms with Gasteiger partial charge in [-0.25, -0.2) is 9.69 Å². The first kappa shape index (κ1) is 17.3. The van der Waals surface area contributed by atoms with Crippen LogP contribution >= 0.6 is 0 Å². The monoisotopic (exact) mass is 362 g/mol. The van der Waals surface area contributed by atoms with Gasteiger partial charge in [0.1, 0.15) is 11.9 Å². The lowest BCUT2D eigenvalue weighted by Crippen LogP contribution is -2.35. The van der Waals surface area contributed by atoms with Crippen LogP contribution in [0.4, 0.5) is 0 Å². The lowest BCUT2D eigenvalue weighted by atomic mass is 9.91. The maximum absolute atomic E-state index is 10.8. The Labute approximate surface area is 158 Å². The van der Waals surface area contributed by atoms with Gasteiger partial charge in [0.25, 0.3) is 0 Å². The maximum atomic E-state index is 10.8. The number of nitrogens with zero attached hydrogens (tertiary/aromatic N) is 6. The fourth-order valence-electron chi connectivity index (χ4n) is 3.71. The fraction of sp³-hybridized carbons (Fsp3) is 0.350. The third-order valence-corrected chi connectivity index (χ3v) is 5.04. The second-order valence-corrected chi connectivity index (χ2v) is 6.94. The minimum atomic E-state index is 0.0510. The minimum Gasteiger partial charge on any atom is -0.296 e. The molecule has 0 N–H and O–H groups in total. The molecule has 0 bridgehead atoms. The predicted octanol–water partition coefficient (Wildman–Crippen LogP) is 3.02. The van der Waals surface area contributed by atoms with Crippen LogP contribution < -0.4 is 0 Å². The first-order valence-corrected chi connectivity index (χ1v) is 9.15. The molecule has 2 aliphatic rings. The standard InChI is InChI=1S/C20H22N6O/c1-4-19-18(20-21-13(2)9-14(3)26(20)23-19)10-15-5-7-17(8-6-15)25-11-16(12-27)22-24-25/h5-9,11-12,18,20H,4,10H2,1-3H3. The van der Waals surface area contributed by atoms with Crippen molar-refractivity contribution in [2.24, 2.45) is 16.0 Å². The van der Waals surface area contributed by atoms with Gasteiger partial charge >= 0.3 is 0 Å². The van der Waals surface area contributed by atoms with Gasteiger partial charge in [-0.2, -0.15) is 5.10 Å². The molecule has 0 saturated heterocycles. The summed E-state index contributed by atoms with van der Waals surface area (Å²) in [5, 5.41) is 14.6. The van der Waals surface area contributed by atoms with Crippen molar-refractivity contribution < 1.29 is 4.79 Å². The zero-order chi connectivity index (χ0) is 19.0. The third-order valence-electron chi connectivity index (χ3n) is 5.04. The Hall–Kier alpha value is -3.09. The summed E-state index contributed by atoms with van der Waals surface area (Å²) < 4.78 is 1.60.